The molecule has 210 valence electrons. The maximum Gasteiger partial charge on any atom is 0.133 e. The Morgan fingerprint density at radius 1 is 0.535 bits per heavy atom. The fraction of sp³-hybridized carbons (Fsp3) is 0.103. The zero-order valence-corrected chi connectivity index (χ0v) is 23.9. The molecular weight excluding hydrogens is 526 g/mol. The average molecular weight is 560 g/mol. The molecule has 5 aromatic carbocycles. The Bertz CT molecular complexity index is 1640. The number of nitrogens with zero attached hydrogens (tertiary/aromatic N) is 1. The van der Waals surface area contributed by atoms with Crippen molar-refractivity contribution >= 4 is 11.5 Å². The van der Waals surface area contributed by atoms with Gasteiger partial charge >= 0.3 is 0 Å². The van der Waals surface area contributed by atoms with Crippen molar-refractivity contribution in [2.75, 3.05) is 10.6 Å². The molecule has 6 aromatic rings. The van der Waals surface area contributed by atoms with Crippen LogP contribution in [0.1, 0.15) is 45.0 Å². The number of aromatic nitrogens is 1. The highest BCUT2D eigenvalue weighted by Gasteiger charge is 2.38. The lowest BCUT2D eigenvalue weighted by atomic mass is 9.77. The van der Waals surface area contributed by atoms with E-state index < -0.39 is 5.54 Å². The first-order valence-electron chi connectivity index (χ1n) is 14.7. The molecule has 0 atom stereocenters. The fourth-order valence-electron chi connectivity index (χ4n) is 6.16. The molecule has 0 spiro atoms. The Morgan fingerprint density at radius 3 is 1.42 bits per heavy atom. The Labute approximate surface area is 253 Å². The number of rotatable bonds is 9. The van der Waals surface area contributed by atoms with Crippen molar-refractivity contribution < 1.29 is 4.74 Å². The molecular formula is C39H33N3O. The summed E-state index contributed by atoms with van der Waals surface area (Å²) in [5.74, 6) is 0.825. The van der Waals surface area contributed by atoms with E-state index >= 15 is 0 Å². The minimum atomic E-state index is -0.668. The van der Waals surface area contributed by atoms with Crippen molar-refractivity contribution in [1.29, 1.82) is 0 Å². The third kappa shape index (κ3) is 5.18. The van der Waals surface area contributed by atoms with Crippen LogP contribution in [0.4, 0.5) is 11.5 Å². The van der Waals surface area contributed by atoms with Gasteiger partial charge in [0.1, 0.15) is 11.4 Å². The van der Waals surface area contributed by atoms with Crippen LogP contribution in [0.15, 0.2) is 158 Å². The number of ether oxygens (including phenoxy) is 1. The summed E-state index contributed by atoms with van der Waals surface area (Å²) in [5, 5.41) is 7.79. The number of nitrogens with one attached hydrogen (secondary N) is 2. The predicted octanol–water partition coefficient (Wildman–Crippen LogP) is 8.72. The molecule has 1 aliphatic heterocycles. The van der Waals surface area contributed by atoms with Gasteiger partial charge in [0.15, 0.2) is 0 Å². The summed E-state index contributed by atoms with van der Waals surface area (Å²) in [6, 6.07) is 52.9. The fourth-order valence-corrected chi connectivity index (χ4v) is 6.16. The van der Waals surface area contributed by atoms with Gasteiger partial charge in [0.05, 0.1) is 31.1 Å². The van der Waals surface area contributed by atoms with E-state index in [9.17, 15) is 0 Å². The van der Waals surface area contributed by atoms with Crippen LogP contribution in [0.3, 0.4) is 0 Å². The van der Waals surface area contributed by atoms with Crippen LogP contribution in [-0.4, -0.2) is 4.98 Å². The topological polar surface area (TPSA) is 46.2 Å². The maximum atomic E-state index is 6.10. The number of fused-ring (bicyclic) bond motifs is 1. The number of hydrogen-bond donors (Lipinski definition) is 2. The Balaban J connectivity index is 1.34. The van der Waals surface area contributed by atoms with E-state index in [1.165, 1.54) is 11.1 Å². The Hall–Kier alpha value is -5.19. The molecule has 0 saturated carbocycles. The van der Waals surface area contributed by atoms with Gasteiger partial charge < -0.3 is 15.4 Å². The monoisotopic (exact) mass is 559 g/mol. The van der Waals surface area contributed by atoms with E-state index in [1.807, 2.05) is 6.20 Å². The largest absolute Gasteiger partial charge is 0.373 e. The summed E-state index contributed by atoms with van der Waals surface area (Å²) in [7, 11) is 0. The summed E-state index contributed by atoms with van der Waals surface area (Å²) >= 11 is 0. The number of anilines is 2. The van der Waals surface area contributed by atoms with Crippen molar-refractivity contribution in [3.63, 3.8) is 0 Å². The first kappa shape index (κ1) is 26.7. The lowest BCUT2D eigenvalue weighted by molar-refractivity contribution is 0.135. The zero-order valence-electron chi connectivity index (χ0n) is 23.9. The molecule has 0 saturated heterocycles. The van der Waals surface area contributed by atoms with Gasteiger partial charge in [-0.2, -0.15) is 0 Å². The summed E-state index contributed by atoms with van der Waals surface area (Å²) in [5.41, 5.74) is 8.33. The van der Waals surface area contributed by atoms with Crippen molar-refractivity contribution in [3.8, 4) is 0 Å². The Morgan fingerprint density at radius 2 is 0.953 bits per heavy atom. The van der Waals surface area contributed by atoms with Crippen LogP contribution in [0, 0.1) is 0 Å². The highest BCUT2D eigenvalue weighted by molar-refractivity contribution is 5.67. The van der Waals surface area contributed by atoms with Gasteiger partial charge in [0.2, 0.25) is 0 Å². The van der Waals surface area contributed by atoms with E-state index in [1.54, 1.807) is 0 Å². The summed E-state index contributed by atoms with van der Waals surface area (Å²) in [6.45, 7) is 1.02. The van der Waals surface area contributed by atoms with Gasteiger partial charge in [0, 0.05) is 11.1 Å². The highest BCUT2D eigenvalue weighted by Crippen LogP contribution is 2.42. The molecule has 4 nitrogen and oxygen atoms in total. The second-order valence-electron chi connectivity index (χ2n) is 10.8. The zero-order chi connectivity index (χ0) is 28.9. The molecule has 0 unspecified atom stereocenters. The molecule has 7 rings (SSSR count). The summed E-state index contributed by atoms with van der Waals surface area (Å²) in [6.07, 6.45) is 1.96. The Kier molecular flexibility index (Phi) is 7.43. The van der Waals surface area contributed by atoms with Gasteiger partial charge in [-0.3, -0.25) is 0 Å². The third-order valence-electron chi connectivity index (χ3n) is 8.28. The van der Waals surface area contributed by atoms with Gasteiger partial charge in [-0.05, 0) is 27.8 Å². The van der Waals surface area contributed by atoms with E-state index in [4.69, 9.17) is 9.72 Å². The SMILES string of the molecule is c1ccc(C(Nc2cnc(NC(c3ccccc3)(c3ccccc3)c3ccccc3)c3c2COC3)c2ccccc2)cc1. The first-order valence-corrected chi connectivity index (χ1v) is 14.7. The van der Waals surface area contributed by atoms with Gasteiger partial charge in [-0.25, -0.2) is 4.98 Å². The van der Waals surface area contributed by atoms with Gasteiger partial charge in [-0.1, -0.05) is 152 Å². The molecule has 0 radical (unpaired) electrons. The van der Waals surface area contributed by atoms with Crippen LogP contribution >= 0.6 is 0 Å². The second-order valence-corrected chi connectivity index (χ2v) is 10.8. The molecule has 0 amide bonds. The van der Waals surface area contributed by atoms with E-state index in [-0.39, 0.29) is 6.04 Å². The van der Waals surface area contributed by atoms with E-state index in [0.717, 1.165) is 39.3 Å². The lowest BCUT2D eigenvalue weighted by Crippen LogP contribution is -2.38. The normalized spacial score (nSPS) is 12.6. The molecule has 1 aromatic heterocycles. The molecule has 0 bridgehead atoms. The van der Waals surface area contributed by atoms with Crippen LogP contribution in [0.25, 0.3) is 0 Å². The van der Waals surface area contributed by atoms with Gasteiger partial charge in [-0.15, -0.1) is 0 Å². The number of hydrogen-bond acceptors (Lipinski definition) is 4. The molecule has 2 N–H and O–H groups in total. The molecule has 43 heavy (non-hydrogen) atoms. The van der Waals surface area contributed by atoms with Crippen molar-refractivity contribution in [3.05, 3.63) is 197 Å². The maximum absolute atomic E-state index is 6.10. The van der Waals surface area contributed by atoms with Gasteiger partial charge in [0.25, 0.3) is 0 Å². The average Bonchev–Trinajstić information content (AvgIpc) is 3.60. The number of benzene rings is 5. The van der Waals surface area contributed by atoms with Crippen LogP contribution in [-0.2, 0) is 23.5 Å². The van der Waals surface area contributed by atoms with Crippen LogP contribution in [0.2, 0.25) is 0 Å². The molecule has 0 fully saturated rings. The summed E-state index contributed by atoms with van der Waals surface area (Å²) < 4.78 is 6.10. The quantitative estimate of drug-likeness (QED) is 0.174. The summed E-state index contributed by atoms with van der Waals surface area (Å²) in [4.78, 5) is 5.10. The highest BCUT2D eigenvalue weighted by atomic mass is 16.5. The van der Waals surface area contributed by atoms with E-state index in [2.05, 4.69) is 162 Å². The first-order chi connectivity index (χ1) is 21.3. The minimum Gasteiger partial charge on any atom is -0.373 e. The van der Waals surface area contributed by atoms with Crippen LogP contribution < -0.4 is 10.6 Å². The van der Waals surface area contributed by atoms with E-state index in [0.29, 0.717) is 13.2 Å². The lowest BCUT2D eigenvalue weighted by Gasteiger charge is -2.38. The molecule has 2 heterocycles. The second kappa shape index (κ2) is 12.0. The molecule has 4 heteroatoms. The predicted molar refractivity (Wildman–Crippen MR) is 174 cm³/mol. The van der Waals surface area contributed by atoms with Crippen molar-refractivity contribution in [2.24, 2.45) is 0 Å². The standard InChI is InChI=1S/C39H33N3O/c1-6-16-29(17-7-1)37(30-18-8-2-9-19-30)41-36-26-40-38(35-28-43-27-34(35)36)42-39(31-20-10-3-11-21-31,32-22-12-4-13-23-32)33-24-14-5-15-25-33/h1-26,37,41H,27-28H2,(H,40,42). The smallest absolute Gasteiger partial charge is 0.133 e. The molecule has 1 aliphatic rings. The minimum absolute atomic E-state index is 0.0234. The number of pyridine rings is 1. The third-order valence-corrected chi connectivity index (χ3v) is 8.28. The van der Waals surface area contributed by atoms with Crippen molar-refractivity contribution in [1.82, 2.24) is 4.98 Å². The molecule has 0 aliphatic carbocycles. The van der Waals surface area contributed by atoms with Crippen LogP contribution in [0.5, 0.6) is 0 Å². The van der Waals surface area contributed by atoms with Crippen molar-refractivity contribution in [2.45, 2.75) is 24.8 Å².